The van der Waals surface area contributed by atoms with Crippen LogP contribution in [0.5, 0.6) is 0 Å². The molecule has 2 N–H and O–H groups in total. The van der Waals surface area contributed by atoms with E-state index in [-0.39, 0.29) is 0 Å². The summed E-state index contributed by atoms with van der Waals surface area (Å²) in [5.41, 5.74) is 8.48. The molecule has 0 atom stereocenters. The fourth-order valence-electron chi connectivity index (χ4n) is 3.07. The van der Waals surface area contributed by atoms with Crippen molar-refractivity contribution in [1.82, 2.24) is 0 Å². The number of hydrogen-bond acceptors (Lipinski definition) is 1. The van der Waals surface area contributed by atoms with Crippen molar-refractivity contribution in [3.8, 4) is 0 Å². The molecule has 0 radical (unpaired) electrons. The minimum absolute atomic E-state index is 0.955. The van der Waals surface area contributed by atoms with Crippen LogP contribution in [0, 0.1) is 0 Å². The van der Waals surface area contributed by atoms with Crippen molar-refractivity contribution >= 4 is 16.5 Å². The van der Waals surface area contributed by atoms with E-state index in [1.165, 1.54) is 67.7 Å². The average molecular weight is 283 g/mol. The molecular weight excluding hydrogens is 254 g/mol. The van der Waals surface area contributed by atoms with Crippen LogP contribution in [0.25, 0.3) is 10.8 Å². The van der Waals surface area contributed by atoms with Crippen LogP contribution in [0.3, 0.4) is 0 Å². The van der Waals surface area contributed by atoms with Gasteiger partial charge in [0.25, 0.3) is 0 Å². The van der Waals surface area contributed by atoms with Crippen molar-refractivity contribution in [2.45, 2.75) is 64.7 Å². The minimum Gasteiger partial charge on any atom is -0.398 e. The van der Waals surface area contributed by atoms with Gasteiger partial charge in [-0.3, -0.25) is 0 Å². The molecule has 0 spiro atoms. The third-order valence-electron chi connectivity index (χ3n) is 4.36. The maximum atomic E-state index is 6.18. The molecule has 0 aliphatic heterocycles. The van der Waals surface area contributed by atoms with Gasteiger partial charge in [-0.05, 0) is 35.2 Å². The third kappa shape index (κ3) is 4.77. The average Bonchev–Trinajstić information content (AvgIpc) is 2.51. The molecule has 2 aromatic carbocycles. The molecule has 2 aromatic rings. The van der Waals surface area contributed by atoms with Gasteiger partial charge in [0.05, 0.1) is 0 Å². The van der Waals surface area contributed by atoms with Crippen LogP contribution in [0.15, 0.2) is 36.4 Å². The number of rotatable bonds is 9. The van der Waals surface area contributed by atoms with Crippen LogP contribution >= 0.6 is 0 Å². The number of anilines is 1. The minimum atomic E-state index is 0.955. The highest BCUT2D eigenvalue weighted by molar-refractivity contribution is 5.89. The van der Waals surface area contributed by atoms with Crippen LogP contribution in [0.4, 0.5) is 5.69 Å². The summed E-state index contributed by atoms with van der Waals surface area (Å²) in [5, 5.41) is 2.64. The number of aryl methyl sites for hydroxylation is 1. The summed E-state index contributed by atoms with van der Waals surface area (Å²) >= 11 is 0. The van der Waals surface area contributed by atoms with Crippen LogP contribution in [-0.4, -0.2) is 0 Å². The van der Waals surface area contributed by atoms with Gasteiger partial charge < -0.3 is 5.73 Å². The van der Waals surface area contributed by atoms with Gasteiger partial charge in [0.2, 0.25) is 0 Å². The molecule has 0 saturated heterocycles. The zero-order valence-corrected chi connectivity index (χ0v) is 13.4. The van der Waals surface area contributed by atoms with E-state index in [9.17, 15) is 0 Å². The predicted octanol–water partition coefficient (Wildman–Crippen LogP) is 6.11. The second-order valence-corrected chi connectivity index (χ2v) is 6.08. The van der Waals surface area contributed by atoms with Gasteiger partial charge in [0.15, 0.2) is 0 Å². The second-order valence-electron chi connectivity index (χ2n) is 6.08. The molecule has 0 fully saturated rings. The van der Waals surface area contributed by atoms with E-state index in [0.29, 0.717) is 0 Å². The fraction of sp³-hybridized carbons (Fsp3) is 0.500. The second kappa shape index (κ2) is 8.71. The summed E-state index contributed by atoms with van der Waals surface area (Å²) in [4.78, 5) is 0. The summed E-state index contributed by atoms with van der Waals surface area (Å²) in [5.74, 6) is 0. The lowest BCUT2D eigenvalue weighted by Crippen LogP contribution is -1.96. The first-order chi connectivity index (χ1) is 10.3. The molecule has 0 aromatic heterocycles. The molecule has 0 aliphatic carbocycles. The Morgan fingerprint density at radius 3 is 2.19 bits per heavy atom. The van der Waals surface area contributed by atoms with Crippen molar-refractivity contribution in [2.24, 2.45) is 0 Å². The van der Waals surface area contributed by atoms with Crippen LogP contribution in [0.2, 0.25) is 0 Å². The van der Waals surface area contributed by atoms with Crippen LogP contribution < -0.4 is 5.73 Å². The highest BCUT2D eigenvalue weighted by Gasteiger charge is 2.04. The molecule has 0 aliphatic rings. The van der Waals surface area contributed by atoms with E-state index in [1.54, 1.807) is 0 Å². The smallest absolute Gasteiger partial charge is 0.0353 e. The molecule has 0 unspecified atom stereocenters. The summed E-state index contributed by atoms with van der Waals surface area (Å²) in [7, 11) is 0. The van der Waals surface area contributed by atoms with E-state index >= 15 is 0 Å². The number of hydrogen-bond donors (Lipinski definition) is 1. The maximum Gasteiger partial charge on any atom is 0.0353 e. The van der Waals surface area contributed by atoms with E-state index in [0.717, 1.165) is 12.1 Å². The lowest BCUT2D eigenvalue weighted by molar-refractivity contribution is 0.576. The first-order valence-corrected chi connectivity index (χ1v) is 8.59. The zero-order valence-electron chi connectivity index (χ0n) is 13.4. The first kappa shape index (κ1) is 15.9. The summed E-state index contributed by atoms with van der Waals surface area (Å²) in [6, 6.07) is 12.8. The van der Waals surface area contributed by atoms with Gasteiger partial charge in [-0.25, -0.2) is 0 Å². The summed E-state index contributed by atoms with van der Waals surface area (Å²) in [6.45, 7) is 2.27. The Kier molecular flexibility index (Phi) is 6.59. The topological polar surface area (TPSA) is 26.0 Å². The highest BCUT2D eigenvalue weighted by atomic mass is 14.6. The van der Waals surface area contributed by atoms with Gasteiger partial charge in [0.1, 0.15) is 0 Å². The lowest BCUT2D eigenvalue weighted by Gasteiger charge is -2.10. The molecule has 1 nitrogen and oxygen atoms in total. The molecule has 21 heavy (non-hydrogen) atoms. The Morgan fingerprint density at radius 2 is 1.43 bits per heavy atom. The molecular formula is C20H29N. The Morgan fingerprint density at radius 1 is 0.762 bits per heavy atom. The summed E-state index contributed by atoms with van der Waals surface area (Å²) < 4.78 is 0. The largest absolute Gasteiger partial charge is 0.398 e. The molecule has 0 saturated carbocycles. The fourth-order valence-corrected chi connectivity index (χ4v) is 3.07. The van der Waals surface area contributed by atoms with Crippen molar-refractivity contribution in [3.63, 3.8) is 0 Å². The molecule has 114 valence electrons. The van der Waals surface area contributed by atoms with Gasteiger partial charge in [-0.1, -0.05) is 82.2 Å². The van der Waals surface area contributed by atoms with E-state index in [4.69, 9.17) is 5.73 Å². The monoisotopic (exact) mass is 283 g/mol. The number of nitrogen functional groups attached to an aromatic ring is 1. The Labute approximate surface area is 129 Å². The summed E-state index contributed by atoms with van der Waals surface area (Å²) in [6.07, 6.45) is 12.0. The van der Waals surface area contributed by atoms with Gasteiger partial charge in [-0.15, -0.1) is 0 Å². The standard InChI is InChI=1S/C20H29N/c1-2-3-4-5-6-7-8-9-14-19-18-13-11-10-12-17(18)15-16-20(19)21/h10-13,15-16H,2-9,14,21H2,1H3. The van der Waals surface area contributed by atoms with Gasteiger partial charge in [0, 0.05) is 5.69 Å². The van der Waals surface area contributed by atoms with Crippen LogP contribution in [-0.2, 0) is 6.42 Å². The lowest BCUT2D eigenvalue weighted by atomic mass is 9.97. The highest BCUT2D eigenvalue weighted by Crippen LogP contribution is 2.26. The Balaban J connectivity index is 1.79. The quantitative estimate of drug-likeness (QED) is 0.436. The van der Waals surface area contributed by atoms with E-state index in [2.05, 4.69) is 43.3 Å². The normalized spacial score (nSPS) is 11.1. The van der Waals surface area contributed by atoms with Crippen molar-refractivity contribution in [2.75, 3.05) is 5.73 Å². The molecule has 0 heterocycles. The molecule has 0 bridgehead atoms. The first-order valence-electron chi connectivity index (χ1n) is 8.59. The Bertz CT molecular complexity index is 545. The number of unbranched alkanes of at least 4 members (excludes halogenated alkanes) is 7. The van der Waals surface area contributed by atoms with Crippen molar-refractivity contribution in [1.29, 1.82) is 0 Å². The molecule has 1 heteroatoms. The van der Waals surface area contributed by atoms with E-state index in [1.807, 2.05) is 0 Å². The van der Waals surface area contributed by atoms with Crippen molar-refractivity contribution in [3.05, 3.63) is 42.0 Å². The number of fused-ring (bicyclic) bond motifs is 1. The maximum absolute atomic E-state index is 6.18. The Hall–Kier alpha value is -1.50. The van der Waals surface area contributed by atoms with Crippen molar-refractivity contribution < 1.29 is 0 Å². The molecule has 2 rings (SSSR count). The third-order valence-corrected chi connectivity index (χ3v) is 4.36. The predicted molar refractivity (Wildman–Crippen MR) is 94.7 cm³/mol. The van der Waals surface area contributed by atoms with E-state index < -0.39 is 0 Å². The SMILES string of the molecule is CCCCCCCCCCc1c(N)ccc2ccccc12. The number of benzene rings is 2. The van der Waals surface area contributed by atoms with Crippen LogP contribution in [0.1, 0.15) is 63.9 Å². The molecule has 0 amide bonds. The van der Waals surface area contributed by atoms with Gasteiger partial charge in [-0.2, -0.15) is 0 Å². The van der Waals surface area contributed by atoms with Gasteiger partial charge >= 0.3 is 0 Å². The number of nitrogens with two attached hydrogens (primary N) is 1. The zero-order chi connectivity index (χ0) is 14.9.